The molecule has 2 aromatic heterocycles. The second kappa shape index (κ2) is 5.80. The smallest absolute Gasteiger partial charge is 0.430 e. The van der Waals surface area contributed by atoms with Gasteiger partial charge in [-0.1, -0.05) is 5.16 Å². The molecule has 0 bridgehead atoms. The number of hydrogen-bond donors (Lipinski definition) is 1. The number of hydrazine groups is 1. The van der Waals surface area contributed by atoms with Crippen LogP contribution in [0.15, 0.2) is 16.8 Å². The normalized spacial score (nSPS) is 11.5. The van der Waals surface area contributed by atoms with Crippen molar-refractivity contribution in [1.29, 1.82) is 0 Å². The molecule has 2 rings (SSSR count). The maximum Gasteiger partial charge on any atom is 0.430 e. The van der Waals surface area contributed by atoms with Crippen molar-refractivity contribution in [1.82, 2.24) is 14.9 Å². The fourth-order valence-corrected chi connectivity index (χ4v) is 1.86. The van der Waals surface area contributed by atoms with Gasteiger partial charge in [-0.2, -0.15) is 10.1 Å². The van der Waals surface area contributed by atoms with E-state index in [9.17, 15) is 4.79 Å². The maximum atomic E-state index is 11.9. The third kappa shape index (κ3) is 3.64. The Morgan fingerprint density at radius 2 is 2.14 bits per heavy atom. The van der Waals surface area contributed by atoms with Crippen molar-refractivity contribution >= 4 is 11.9 Å². The van der Waals surface area contributed by atoms with Gasteiger partial charge >= 0.3 is 6.09 Å². The minimum Gasteiger partial charge on any atom is -0.442 e. The lowest BCUT2D eigenvalue weighted by Gasteiger charge is -2.22. The number of ether oxygens (including phenoxy) is 1. The van der Waals surface area contributed by atoms with E-state index in [1.54, 1.807) is 37.7 Å². The SMILES string of the molecule is Cc1noc(C)c1Cn1ccc(N(N)C(=O)OC(C)(C)C)n1. The molecular formula is C14H21N5O3. The number of nitrogens with zero attached hydrogens (tertiary/aromatic N) is 4. The van der Waals surface area contributed by atoms with Gasteiger partial charge in [0, 0.05) is 17.8 Å². The van der Waals surface area contributed by atoms with E-state index in [1.165, 1.54) is 0 Å². The molecule has 2 N–H and O–H groups in total. The molecule has 0 fully saturated rings. The third-order valence-corrected chi connectivity index (χ3v) is 2.96. The van der Waals surface area contributed by atoms with Crippen molar-refractivity contribution in [3.05, 3.63) is 29.3 Å². The summed E-state index contributed by atoms with van der Waals surface area (Å²) < 4.78 is 12.0. The van der Waals surface area contributed by atoms with Crippen LogP contribution in [0.4, 0.5) is 10.6 Å². The number of amides is 1. The molecule has 0 aromatic carbocycles. The number of aryl methyl sites for hydroxylation is 2. The van der Waals surface area contributed by atoms with Gasteiger partial charge in [0.2, 0.25) is 0 Å². The molecule has 0 spiro atoms. The molecule has 120 valence electrons. The molecule has 0 radical (unpaired) electrons. The molecule has 0 aliphatic rings. The van der Waals surface area contributed by atoms with Crippen LogP contribution >= 0.6 is 0 Å². The van der Waals surface area contributed by atoms with E-state index < -0.39 is 11.7 Å². The molecule has 0 unspecified atom stereocenters. The summed E-state index contributed by atoms with van der Waals surface area (Å²) in [6.45, 7) is 9.52. The van der Waals surface area contributed by atoms with E-state index in [2.05, 4.69) is 10.3 Å². The summed E-state index contributed by atoms with van der Waals surface area (Å²) in [6.07, 6.45) is 1.07. The van der Waals surface area contributed by atoms with Crippen molar-refractivity contribution in [3.63, 3.8) is 0 Å². The van der Waals surface area contributed by atoms with Crippen LogP contribution in [0.5, 0.6) is 0 Å². The highest BCUT2D eigenvalue weighted by atomic mass is 16.6. The molecule has 0 saturated carbocycles. The summed E-state index contributed by atoms with van der Waals surface area (Å²) in [4.78, 5) is 11.9. The molecule has 2 heterocycles. The van der Waals surface area contributed by atoms with Crippen LogP contribution in [0.3, 0.4) is 0 Å². The van der Waals surface area contributed by atoms with Crippen LogP contribution in [0, 0.1) is 13.8 Å². The Labute approximate surface area is 128 Å². The van der Waals surface area contributed by atoms with Crippen molar-refractivity contribution in [3.8, 4) is 0 Å². The molecule has 1 amide bonds. The van der Waals surface area contributed by atoms with Gasteiger partial charge in [0.1, 0.15) is 11.4 Å². The maximum absolute atomic E-state index is 11.9. The molecule has 0 saturated heterocycles. The van der Waals surface area contributed by atoms with Crippen LogP contribution in [-0.2, 0) is 11.3 Å². The van der Waals surface area contributed by atoms with Gasteiger partial charge in [-0.3, -0.25) is 4.68 Å². The Hall–Kier alpha value is -2.35. The predicted molar refractivity (Wildman–Crippen MR) is 80.2 cm³/mol. The van der Waals surface area contributed by atoms with Gasteiger partial charge in [-0.05, 0) is 34.6 Å². The number of rotatable bonds is 3. The molecule has 0 aliphatic heterocycles. The highest BCUT2D eigenvalue weighted by molar-refractivity contribution is 5.85. The van der Waals surface area contributed by atoms with Crippen LogP contribution in [0.25, 0.3) is 0 Å². The summed E-state index contributed by atoms with van der Waals surface area (Å²) in [5, 5.41) is 9.05. The highest BCUT2D eigenvalue weighted by Crippen LogP contribution is 2.16. The summed E-state index contributed by atoms with van der Waals surface area (Å²) in [5.41, 5.74) is 1.15. The monoisotopic (exact) mass is 307 g/mol. The molecule has 2 aromatic rings. The van der Waals surface area contributed by atoms with E-state index in [4.69, 9.17) is 15.1 Å². The Morgan fingerprint density at radius 1 is 1.45 bits per heavy atom. The van der Waals surface area contributed by atoms with Crippen LogP contribution < -0.4 is 10.9 Å². The third-order valence-electron chi connectivity index (χ3n) is 2.96. The lowest BCUT2D eigenvalue weighted by atomic mass is 10.2. The Bertz CT molecular complexity index is 649. The Balaban J connectivity index is 2.10. The fourth-order valence-electron chi connectivity index (χ4n) is 1.86. The average molecular weight is 307 g/mol. The topological polar surface area (TPSA) is 99.4 Å². The quantitative estimate of drug-likeness (QED) is 0.530. The second-order valence-corrected chi connectivity index (χ2v) is 6.02. The van der Waals surface area contributed by atoms with E-state index in [0.29, 0.717) is 12.4 Å². The molecular weight excluding hydrogens is 286 g/mol. The van der Waals surface area contributed by atoms with Crippen LogP contribution in [-0.4, -0.2) is 26.6 Å². The van der Waals surface area contributed by atoms with Crippen LogP contribution in [0.1, 0.15) is 37.8 Å². The minimum atomic E-state index is -0.657. The average Bonchev–Trinajstić information content (AvgIpc) is 2.98. The van der Waals surface area contributed by atoms with Gasteiger partial charge in [-0.25, -0.2) is 10.6 Å². The number of hydrogen-bond acceptors (Lipinski definition) is 6. The molecule has 0 atom stereocenters. The summed E-state index contributed by atoms with van der Waals surface area (Å²) in [5.74, 6) is 6.79. The number of aromatic nitrogens is 3. The van der Waals surface area contributed by atoms with E-state index in [-0.39, 0.29) is 0 Å². The zero-order valence-corrected chi connectivity index (χ0v) is 13.5. The number of anilines is 1. The number of carbonyl (C=O) groups is 1. The standard InChI is InChI=1S/C14H21N5O3/c1-9-11(10(2)22-17-9)8-18-7-6-12(16-18)19(15)13(20)21-14(3,4)5/h6-7H,8,15H2,1-5H3. The first-order chi connectivity index (χ1) is 10.2. The Kier molecular flexibility index (Phi) is 4.23. The molecule has 0 aliphatic carbocycles. The lowest BCUT2D eigenvalue weighted by molar-refractivity contribution is 0.0578. The van der Waals surface area contributed by atoms with Gasteiger partial charge < -0.3 is 9.26 Å². The van der Waals surface area contributed by atoms with Crippen LogP contribution in [0.2, 0.25) is 0 Å². The molecule has 8 heteroatoms. The molecule has 8 nitrogen and oxygen atoms in total. The van der Waals surface area contributed by atoms with Gasteiger partial charge in [0.15, 0.2) is 5.82 Å². The lowest BCUT2D eigenvalue weighted by Crippen LogP contribution is -2.42. The summed E-state index contributed by atoms with van der Waals surface area (Å²) >= 11 is 0. The van der Waals surface area contributed by atoms with Gasteiger partial charge in [-0.15, -0.1) is 0 Å². The van der Waals surface area contributed by atoms with E-state index in [1.807, 2.05) is 13.8 Å². The van der Waals surface area contributed by atoms with E-state index in [0.717, 1.165) is 22.0 Å². The first kappa shape index (κ1) is 16.0. The first-order valence-corrected chi connectivity index (χ1v) is 6.90. The highest BCUT2D eigenvalue weighted by Gasteiger charge is 2.22. The Morgan fingerprint density at radius 3 is 2.68 bits per heavy atom. The van der Waals surface area contributed by atoms with Gasteiger partial charge in [0.05, 0.1) is 12.2 Å². The minimum absolute atomic E-state index is 0.306. The van der Waals surface area contributed by atoms with Crippen molar-refractivity contribution in [2.75, 3.05) is 5.01 Å². The summed E-state index contributed by atoms with van der Waals surface area (Å²) in [7, 11) is 0. The fraction of sp³-hybridized carbons (Fsp3) is 0.500. The number of carbonyl (C=O) groups excluding carboxylic acids is 1. The van der Waals surface area contributed by atoms with E-state index >= 15 is 0 Å². The zero-order valence-electron chi connectivity index (χ0n) is 13.5. The van der Waals surface area contributed by atoms with Gasteiger partial charge in [0.25, 0.3) is 0 Å². The zero-order chi connectivity index (χ0) is 16.5. The predicted octanol–water partition coefficient (Wildman–Crippen LogP) is 2.15. The molecule has 22 heavy (non-hydrogen) atoms. The van der Waals surface area contributed by atoms with Crippen molar-refractivity contribution in [2.24, 2.45) is 5.84 Å². The van der Waals surface area contributed by atoms with Crippen molar-refractivity contribution in [2.45, 2.75) is 46.8 Å². The summed E-state index contributed by atoms with van der Waals surface area (Å²) in [6, 6.07) is 1.64. The second-order valence-electron chi connectivity index (χ2n) is 6.02. The van der Waals surface area contributed by atoms with Crippen molar-refractivity contribution < 1.29 is 14.1 Å². The first-order valence-electron chi connectivity index (χ1n) is 6.90. The number of nitrogens with two attached hydrogens (primary N) is 1. The largest absolute Gasteiger partial charge is 0.442 e.